The number of nitrogens with two attached hydrogens (primary N) is 1. The number of hydrogen-bond donors (Lipinski definition) is 2. The van der Waals surface area contributed by atoms with Gasteiger partial charge in [-0.25, -0.2) is 0 Å². The van der Waals surface area contributed by atoms with Gasteiger partial charge in [0.05, 0.1) is 5.54 Å². The maximum absolute atomic E-state index is 11.2. The predicted octanol–water partition coefficient (Wildman–Crippen LogP) is 0.403. The fourth-order valence-corrected chi connectivity index (χ4v) is 1.18. The number of nitrogens with one attached hydrogen (secondary N) is 1. The lowest BCUT2D eigenvalue weighted by atomic mass is 9.94. The molecule has 84 valence electrons. The molecule has 0 aliphatic carbocycles. The van der Waals surface area contributed by atoms with Gasteiger partial charge in [0.2, 0.25) is 5.89 Å². The Labute approximate surface area is 88.2 Å². The van der Waals surface area contributed by atoms with Crippen LogP contribution in [0.25, 0.3) is 0 Å². The summed E-state index contributed by atoms with van der Waals surface area (Å²) < 4.78 is 4.99. The zero-order chi connectivity index (χ0) is 11.5. The first-order valence-electron chi connectivity index (χ1n) is 4.92. The van der Waals surface area contributed by atoms with Crippen molar-refractivity contribution in [2.75, 3.05) is 7.05 Å². The lowest BCUT2D eigenvalue weighted by molar-refractivity contribution is 0.0950. The zero-order valence-corrected chi connectivity index (χ0v) is 9.20. The highest BCUT2D eigenvalue weighted by Gasteiger charge is 2.30. The molecule has 1 amide bonds. The summed E-state index contributed by atoms with van der Waals surface area (Å²) in [5.41, 5.74) is 5.41. The third-order valence-electron chi connectivity index (χ3n) is 2.54. The summed E-state index contributed by atoms with van der Waals surface area (Å²) in [5, 5.41) is 5.99. The van der Waals surface area contributed by atoms with Gasteiger partial charge in [0.25, 0.3) is 11.7 Å². The van der Waals surface area contributed by atoms with Gasteiger partial charge in [0.15, 0.2) is 0 Å². The van der Waals surface area contributed by atoms with Crippen LogP contribution in [0.15, 0.2) is 4.52 Å². The number of carbonyl (C=O) groups is 1. The molecule has 0 saturated heterocycles. The topological polar surface area (TPSA) is 94.0 Å². The minimum atomic E-state index is -0.640. The van der Waals surface area contributed by atoms with E-state index < -0.39 is 5.54 Å². The van der Waals surface area contributed by atoms with E-state index >= 15 is 0 Å². The summed E-state index contributed by atoms with van der Waals surface area (Å²) >= 11 is 0. The van der Waals surface area contributed by atoms with Crippen LogP contribution >= 0.6 is 0 Å². The van der Waals surface area contributed by atoms with Crippen LogP contribution in [-0.2, 0) is 5.54 Å². The van der Waals surface area contributed by atoms with Crippen LogP contribution in [0.2, 0.25) is 0 Å². The van der Waals surface area contributed by atoms with E-state index in [1.54, 1.807) is 0 Å². The van der Waals surface area contributed by atoms with Gasteiger partial charge in [0, 0.05) is 7.05 Å². The van der Waals surface area contributed by atoms with Crippen molar-refractivity contribution in [2.24, 2.45) is 5.73 Å². The van der Waals surface area contributed by atoms with E-state index in [0.29, 0.717) is 18.7 Å². The molecule has 0 saturated carbocycles. The van der Waals surface area contributed by atoms with Crippen molar-refractivity contribution in [3.05, 3.63) is 11.7 Å². The average molecular weight is 212 g/mol. The van der Waals surface area contributed by atoms with Crippen LogP contribution in [0.4, 0.5) is 0 Å². The van der Waals surface area contributed by atoms with Gasteiger partial charge in [-0.3, -0.25) is 4.79 Å². The monoisotopic (exact) mass is 212 g/mol. The smallest absolute Gasteiger partial charge is 0.292 e. The molecule has 0 atom stereocenters. The molecule has 0 spiro atoms. The molecule has 6 nitrogen and oxygen atoms in total. The first-order chi connectivity index (χ1) is 7.07. The van der Waals surface area contributed by atoms with Gasteiger partial charge in [-0.1, -0.05) is 19.0 Å². The summed E-state index contributed by atoms with van der Waals surface area (Å²) in [5.74, 6) is -0.0464. The van der Waals surface area contributed by atoms with Crippen LogP contribution in [0.3, 0.4) is 0 Å². The Hall–Kier alpha value is -1.43. The highest BCUT2D eigenvalue weighted by atomic mass is 16.5. The van der Waals surface area contributed by atoms with Crippen molar-refractivity contribution in [3.8, 4) is 0 Å². The summed E-state index contributed by atoms with van der Waals surface area (Å²) in [6.45, 7) is 3.88. The normalized spacial score (nSPS) is 11.5. The second-order valence-electron chi connectivity index (χ2n) is 3.37. The van der Waals surface area contributed by atoms with E-state index in [1.165, 1.54) is 7.05 Å². The van der Waals surface area contributed by atoms with Crippen molar-refractivity contribution < 1.29 is 9.32 Å². The molecular formula is C9H16N4O2. The van der Waals surface area contributed by atoms with E-state index in [0.717, 1.165) is 0 Å². The fraction of sp³-hybridized carbons (Fsp3) is 0.667. The maximum Gasteiger partial charge on any atom is 0.292 e. The highest BCUT2D eigenvalue weighted by Crippen LogP contribution is 2.23. The maximum atomic E-state index is 11.2. The van der Waals surface area contributed by atoms with Gasteiger partial charge >= 0.3 is 0 Å². The van der Waals surface area contributed by atoms with Crippen molar-refractivity contribution in [1.29, 1.82) is 0 Å². The summed E-state index contributed by atoms with van der Waals surface area (Å²) in [7, 11) is 1.51. The molecule has 1 aromatic heterocycles. The third kappa shape index (κ3) is 2.15. The molecular weight excluding hydrogens is 196 g/mol. The Balaban J connectivity index is 2.97. The van der Waals surface area contributed by atoms with Crippen molar-refractivity contribution >= 4 is 5.91 Å². The number of carbonyl (C=O) groups excluding carboxylic acids is 1. The number of rotatable bonds is 4. The Morgan fingerprint density at radius 2 is 2.13 bits per heavy atom. The molecule has 0 aliphatic heterocycles. The van der Waals surface area contributed by atoms with E-state index in [1.807, 2.05) is 13.8 Å². The van der Waals surface area contributed by atoms with Gasteiger partial charge in [-0.15, -0.1) is 0 Å². The van der Waals surface area contributed by atoms with Crippen molar-refractivity contribution in [1.82, 2.24) is 15.5 Å². The lowest BCUT2D eigenvalue weighted by Gasteiger charge is -2.20. The molecule has 0 aliphatic rings. The van der Waals surface area contributed by atoms with E-state index in [9.17, 15) is 4.79 Å². The van der Waals surface area contributed by atoms with Gasteiger partial charge in [-0.05, 0) is 12.8 Å². The Kier molecular flexibility index (Phi) is 3.41. The van der Waals surface area contributed by atoms with E-state index in [-0.39, 0.29) is 11.7 Å². The molecule has 1 rings (SSSR count). The molecule has 3 N–H and O–H groups in total. The zero-order valence-electron chi connectivity index (χ0n) is 9.20. The largest absolute Gasteiger partial charge is 0.352 e. The van der Waals surface area contributed by atoms with Gasteiger partial charge in [0.1, 0.15) is 0 Å². The number of amides is 1. The molecule has 1 aromatic rings. The third-order valence-corrected chi connectivity index (χ3v) is 2.54. The minimum Gasteiger partial charge on any atom is -0.352 e. The SMILES string of the molecule is CCC(N)(CC)c1nc(C(=O)NC)no1. The van der Waals surface area contributed by atoms with Crippen LogP contribution < -0.4 is 11.1 Å². The minimum absolute atomic E-state index is 0.0178. The molecule has 0 fully saturated rings. The first-order valence-corrected chi connectivity index (χ1v) is 4.92. The molecule has 15 heavy (non-hydrogen) atoms. The molecule has 0 aromatic carbocycles. The van der Waals surface area contributed by atoms with Crippen LogP contribution in [0.5, 0.6) is 0 Å². The van der Waals surface area contributed by atoms with E-state index in [2.05, 4.69) is 15.5 Å². The summed E-state index contributed by atoms with van der Waals surface area (Å²) in [4.78, 5) is 15.2. The Morgan fingerprint density at radius 1 is 1.53 bits per heavy atom. The number of nitrogens with zero attached hydrogens (tertiary/aromatic N) is 2. The second-order valence-corrected chi connectivity index (χ2v) is 3.37. The van der Waals surface area contributed by atoms with Crippen LogP contribution in [0, 0.1) is 0 Å². The van der Waals surface area contributed by atoms with Crippen LogP contribution in [0.1, 0.15) is 43.2 Å². The van der Waals surface area contributed by atoms with Crippen molar-refractivity contribution in [2.45, 2.75) is 32.2 Å². The average Bonchev–Trinajstić information content (AvgIpc) is 2.76. The highest BCUT2D eigenvalue weighted by molar-refractivity contribution is 5.89. The standard InChI is InChI=1S/C9H16N4O2/c1-4-9(10,5-2)8-12-6(13-15-8)7(14)11-3/h4-5,10H2,1-3H3,(H,11,14). The Bertz CT molecular complexity index is 344. The summed E-state index contributed by atoms with van der Waals surface area (Å²) in [6.07, 6.45) is 1.36. The molecule has 0 bridgehead atoms. The number of hydrogen-bond acceptors (Lipinski definition) is 5. The van der Waals surface area contributed by atoms with Gasteiger partial charge < -0.3 is 15.6 Å². The number of aromatic nitrogens is 2. The molecule has 0 radical (unpaired) electrons. The van der Waals surface area contributed by atoms with Crippen molar-refractivity contribution in [3.63, 3.8) is 0 Å². The lowest BCUT2D eigenvalue weighted by Crippen LogP contribution is -2.35. The molecule has 6 heteroatoms. The predicted molar refractivity (Wildman–Crippen MR) is 54.1 cm³/mol. The Morgan fingerprint density at radius 3 is 2.60 bits per heavy atom. The van der Waals surface area contributed by atoms with E-state index in [4.69, 9.17) is 10.3 Å². The van der Waals surface area contributed by atoms with Gasteiger partial charge in [-0.2, -0.15) is 4.98 Å². The quantitative estimate of drug-likeness (QED) is 0.753. The molecule has 0 unspecified atom stereocenters. The molecule has 1 heterocycles. The first kappa shape index (κ1) is 11.6. The second kappa shape index (κ2) is 4.39. The fourth-order valence-electron chi connectivity index (χ4n) is 1.18. The summed E-state index contributed by atoms with van der Waals surface area (Å²) in [6, 6.07) is 0. The van der Waals surface area contributed by atoms with Crippen LogP contribution in [-0.4, -0.2) is 23.1 Å².